The smallest absolute Gasteiger partial charge is 0.300 e. The van der Waals surface area contributed by atoms with Crippen LogP contribution in [0.25, 0.3) is 0 Å². The summed E-state index contributed by atoms with van der Waals surface area (Å²) in [6.45, 7) is 3.06. The van der Waals surface area contributed by atoms with Gasteiger partial charge in [-0.2, -0.15) is 0 Å². The third-order valence-electron chi connectivity index (χ3n) is 0. The van der Waals surface area contributed by atoms with E-state index in [-0.39, 0.29) is 5.78 Å². The summed E-state index contributed by atoms with van der Waals surface area (Å²) in [6.07, 6.45) is 1.49. The van der Waals surface area contributed by atoms with E-state index in [4.69, 9.17) is 4.21 Å². The minimum Gasteiger partial charge on any atom is -0.300 e. The van der Waals surface area contributed by atoms with Gasteiger partial charge in [0.15, 0.2) is 0 Å². The number of ketones is 1. The molecule has 0 N–H and O–H groups in total. The summed E-state index contributed by atoms with van der Waals surface area (Å²) in [5.41, 5.74) is 0. The molecule has 0 saturated carbocycles. The average molecular weight is 121 g/mol. The Kier molecular flexibility index (Phi) is 12.9. The average Bonchev–Trinajstić information content (AvgIpc) is 1.33. The first-order valence-electron chi connectivity index (χ1n) is 1.78. The zero-order valence-electron chi connectivity index (χ0n) is 4.72. The van der Waals surface area contributed by atoms with E-state index in [0.717, 1.165) is 0 Å². The fourth-order valence-electron chi connectivity index (χ4n) is 0. The first kappa shape index (κ1) is 9.85. The fraction of sp³-hybridized carbons (Fsp3) is 0.750. The molecule has 0 spiro atoms. The Morgan fingerprint density at radius 3 is 1.43 bits per heavy atom. The molecule has 3 heteroatoms. The molecule has 0 bridgehead atoms. The van der Waals surface area contributed by atoms with E-state index in [1.165, 1.54) is 20.1 Å². The molecule has 2 nitrogen and oxygen atoms in total. The molecule has 0 amide bonds. The third kappa shape index (κ3) is 806. The number of carbonyl (C=O) groups is 1. The highest BCUT2D eigenvalue weighted by atomic mass is 32.1. The molecule has 0 heterocycles. The van der Waals surface area contributed by atoms with Gasteiger partial charge in [-0.05, 0) is 13.8 Å². The fourth-order valence-corrected chi connectivity index (χ4v) is 0. The molecule has 0 rings (SSSR count). The molecule has 0 aromatic carbocycles. The Bertz CT molecular complexity index is 56.7. The second kappa shape index (κ2) is 9.19. The summed E-state index contributed by atoms with van der Waals surface area (Å²) in [6, 6.07) is 0. The Labute approximate surface area is 47.4 Å². The number of hydrogen-bond donors (Lipinski definition) is 0. The van der Waals surface area contributed by atoms with Crippen molar-refractivity contribution in [3.05, 3.63) is 0 Å². The van der Waals surface area contributed by atoms with Crippen molar-refractivity contribution in [2.75, 3.05) is 6.26 Å². The number of hydrogen-bond acceptors (Lipinski definition) is 2. The van der Waals surface area contributed by atoms with Gasteiger partial charge in [-0.15, -0.1) is 0 Å². The topological polar surface area (TPSA) is 34.1 Å². The molecule has 7 heavy (non-hydrogen) atoms. The first-order valence-corrected chi connectivity index (χ1v) is 2.93. The van der Waals surface area contributed by atoms with E-state index in [2.05, 4.69) is 0 Å². The lowest BCUT2D eigenvalue weighted by atomic mass is 10.6. The lowest BCUT2D eigenvalue weighted by Gasteiger charge is -1.56. The van der Waals surface area contributed by atoms with Crippen LogP contribution < -0.4 is 0 Å². The molecule has 0 aromatic heterocycles. The van der Waals surface area contributed by atoms with Crippen molar-refractivity contribution in [1.29, 1.82) is 0 Å². The second-order valence-corrected chi connectivity index (χ2v) is 1.41. The van der Waals surface area contributed by atoms with Gasteiger partial charge in [-0.1, -0.05) is 0 Å². The summed E-state index contributed by atoms with van der Waals surface area (Å²) >= 11 is 0.500. The molecule has 0 unspecified atom stereocenters. The van der Waals surface area contributed by atoms with Crippen LogP contribution in [-0.2, 0) is 20.7 Å². The van der Waals surface area contributed by atoms with Crippen molar-refractivity contribution in [1.82, 2.24) is 0 Å². The highest BCUT2D eigenvalue weighted by molar-refractivity contribution is 7.64. The van der Waals surface area contributed by atoms with E-state index < -0.39 is 0 Å². The van der Waals surface area contributed by atoms with Gasteiger partial charge < -0.3 is 4.79 Å². The summed E-state index contributed by atoms with van der Waals surface area (Å²) < 4.78 is 8.85. The maximum atomic E-state index is 9.44. The quantitative estimate of drug-likeness (QED) is 0.441. The van der Waals surface area contributed by atoms with Crippen LogP contribution >= 0.6 is 0 Å². The first-order chi connectivity index (χ1) is 3.15. The van der Waals surface area contributed by atoms with Crippen molar-refractivity contribution < 1.29 is 9.00 Å². The minimum atomic E-state index is 0.167. The van der Waals surface area contributed by atoms with Crippen molar-refractivity contribution in [2.45, 2.75) is 13.8 Å². The summed E-state index contributed by atoms with van der Waals surface area (Å²) in [4.78, 5) is 9.44. The predicted molar refractivity (Wildman–Crippen MR) is 30.3 cm³/mol. The molecule has 42 valence electrons. The summed E-state index contributed by atoms with van der Waals surface area (Å²) in [7, 11) is 0. The van der Waals surface area contributed by atoms with E-state index in [1.54, 1.807) is 0 Å². The predicted octanol–water partition coefficient (Wildman–Crippen LogP) is 0.640. The zero-order chi connectivity index (χ0) is 6.28. The van der Waals surface area contributed by atoms with E-state index in [9.17, 15) is 4.79 Å². The molecular formula is C4H9O2S+. The SMILES string of the molecule is CC(C)=O.C[S+]=O. The molecule has 0 radical (unpaired) electrons. The summed E-state index contributed by atoms with van der Waals surface area (Å²) in [5.74, 6) is 0.167. The summed E-state index contributed by atoms with van der Waals surface area (Å²) in [5, 5.41) is 0. The maximum absolute atomic E-state index is 9.44. The van der Waals surface area contributed by atoms with E-state index in [1.807, 2.05) is 0 Å². The van der Waals surface area contributed by atoms with Gasteiger partial charge in [-0.3, -0.25) is 0 Å². The van der Waals surface area contributed by atoms with Gasteiger partial charge in [0, 0.05) is 4.21 Å². The molecule has 0 saturated heterocycles. The van der Waals surface area contributed by atoms with Crippen LogP contribution in [0, 0.1) is 0 Å². The van der Waals surface area contributed by atoms with Gasteiger partial charge in [0.1, 0.15) is 5.78 Å². The largest absolute Gasteiger partial charge is 0.455 e. The normalized spacial score (nSPS) is 5.57. The Hall–Kier alpha value is -0.310. The second-order valence-electron chi connectivity index (χ2n) is 1.07. The van der Waals surface area contributed by atoms with Crippen LogP contribution in [0.2, 0.25) is 0 Å². The van der Waals surface area contributed by atoms with Gasteiger partial charge in [0.2, 0.25) is 6.26 Å². The van der Waals surface area contributed by atoms with E-state index >= 15 is 0 Å². The van der Waals surface area contributed by atoms with Gasteiger partial charge in [-0.25, -0.2) is 0 Å². The third-order valence-corrected chi connectivity index (χ3v) is 0. The van der Waals surface area contributed by atoms with Crippen LogP contribution in [-0.4, -0.2) is 12.0 Å². The van der Waals surface area contributed by atoms with Crippen LogP contribution in [0.3, 0.4) is 0 Å². The molecule has 0 atom stereocenters. The Balaban J connectivity index is 0. The van der Waals surface area contributed by atoms with Crippen LogP contribution in [0.4, 0.5) is 0 Å². The monoisotopic (exact) mass is 121 g/mol. The van der Waals surface area contributed by atoms with Crippen molar-refractivity contribution in [3.63, 3.8) is 0 Å². The Morgan fingerprint density at radius 2 is 1.43 bits per heavy atom. The van der Waals surface area contributed by atoms with Crippen LogP contribution in [0.15, 0.2) is 0 Å². The maximum Gasteiger partial charge on any atom is 0.455 e. The minimum absolute atomic E-state index is 0.167. The van der Waals surface area contributed by atoms with Crippen molar-refractivity contribution in [2.24, 2.45) is 0 Å². The molecule has 0 aliphatic rings. The molecule has 0 aromatic rings. The molecule has 0 aliphatic heterocycles. The van der Waals surface area contributed by atoms with Crippen molar-refractivity contribution in [3.8, 4) is 0 Å². The van der Waals surface area contributed by atoms with Crippen LogP contribution in [0.5, 0.6) is 0 Å². The highest BCUT2D eigenvalue weighted by Gasteiger charge is 1.62. The van der Waals surface area contributed by atoms with E-state index in [0.29, 0.717) is 11.7 Å². The van der Waals surface area contributed by atoms with Gasteiger partial charge in [0.05, 0.1) is 0 Å². The Morgan fingerprint density at radius 1 is 1.43 bits per heavy atom. The molecule has 0 fully saturated rings. The molecular weight excluding hydrogens is 112 g/mol. The van der Waals surface area contributed by atoms with Crippen LogP contribution in [0.1, 0.15) is 13.8 Å². The van der Waals surface area contributed by atoms with Gasteiger partial charge in [0.25, 0.3) is 0 Å². The number of carbonyl (C=O) groups excluding carboxylic acids is 1. The standard InChI is InChI=1S/C3H6O.CH3OS/c1-3(2)4;1-3-2/h1-2H3;1H3/q;+1. The lowest BCUT2D eigenvalue weighted by molar-refractivity contribution is -0.114. The van der Waals surface area contributed by atoms with Crippen molar-refractivity contribution >= 4 is 17.4 Å². The zero-order valence-corrected chi connectivity index (χ0v) is 5.54. The highest BCUT2D eigenvalue weighted by Crippen LogP contribution is 1.50. The van der Waals surface area contributed by atoms with Gasteiger partial charge >= 0.3 is 11.7 Å². The number of Topliss-reactive ketones (excluding diaryl/α,β-unsaturated/α-hetero) is 1. The molecule has 0 aliphatic carbocycles. The lowest BCUT2D eigenvalue weighted by Crippen LogP contribution is -1.69. The number of rotatable bonds is 0.